The number of rotatable bonds is 0. The first-order chi connectivity index (χ1) is 6.16. The summed E-state index contributed by atoms with van der Waals surface area (Å²) >= 11 is 8.01. The molecule has 1 heterocycles. The lowest BCUT2D eigenvalue weighted by Crippen LogP contribution is -1.90. The van der Waals surface area contributed by atoms with Gasteiger partial charge in [-0.25, -0.2) is 4.98 Å². The number of halogens is 2. The molecule has 13 heavy (non-hydrogen) atoms. The number of hydrogen-bond donors (Lipinski definition) is 1. The van der Waals surface area contributed by atoms with Crippen LogP contribution in [-0.2, 0) is 0 Å². The zero-order valence-corrected chi connectivity index (χ0v) is 9.50. The molecule has 2 nitrogen and oxygen atoms in total. The van der Waals surface area contributed by atoms with Crippen LogP contribution in [0.15, 0.2) is 24.3 Å². The van der Waals surface area contributed by atoms with Gasteiger partial charge in [0.2, 0.25) is 0 Å². The van der Waals surface area contributed by atoms with E-state index in [0.29, 0.717) is 10.8 Å². The molecule has 2 rings (SSSR count). The third-order valence-corrected chi connectivity index (χ3v) is 2.64. The van der Waals surface area contributed by atoms with Crippen molar-refractivity contribution in [1.82, 2.24) is 4.98 Å². The van der Waals surface area contributed by atoms with Crippen molar-refractivity contribution in [2.75, 3.05) is 5.73 Å². The molecule has 0 amide bonds. The standard InChI is InChI=1S/C9H6ClIN2/c10-9-4-7(12)6-2-1-5(11)3-8(6)13-9/h1-4H,(H2,12,13). The molecule has 0 aliphatic rings. The molecular weight excluding hydrogens is 298 g/mol. The minimum Gasteiger partial charge on any atom is -0.398 e. The molecule has 0 saturated heterocycles. The molecule has 66 valence electrons. The van der Waals surface area contributed by atoms with Gasteiger partial charge in [-0.1, -0.05) is 11.6 Å². The highest BCUT2D eigenvalue weighted by Crippen LogP contribution is 2.23. The van der Waals surface area contributed by atoms with Crippen molar-refractivity contribution in [3.8, 4) is 0 Å². The van der Waals surface area contributed by atoms with Gasteiger partial charge in [0.05, 0.1) is 5.52 Å². The Morgan fingerprint density at radius 1 is 1.31 bits per heavy atom. The molecule has 2 aromatic rings. The summed E-state index contributed by atoms with van der Waals surface area (Å²) in [6, 6.07) is 7.57. The smallest absolute Gasteiger partial charge is 0.131 e. The molecule has 0 spiro atoms. The van der Waals surface area contributed by atoms with E-state index in [9.17, 15) is 0 Å². The monoisotopic (exact) mass is 304 g/mol. The van der Waals surface area contributed by atoms with Gasteiger partial charge in [0, 0.05) is 14.6 Å². The second-order valence-corrected chi connectivity index (χ2v) is 4.33. The number of hydrogen-bond acceptors (Lipinski definition) is 2. The predicted molar refractivity (Wildman–Crippen MR) is 63.9 cm³/mol. The van der Waals surface area contributed by atoms with Crippen LogP contribution >= 0.6 is 34.2 Å². The van der Waals surface area contributed by atoms with E-state index in [1.165, 1.54) is 0 Å². The number of aromatic nitrogens is 1. The molecule has 0 aliphatic carbocycles. The molecule has 4 heteroatoms. The molecule has 0 aliphatic heterocycles. The van der Waals surface area contributed by atoms with E-state index in [-0.39, 0.29) is 0 Å². The summed E-state index contributed by atoms with van der Waals surface area (Å²) in [7, 11) is 0. The van der Waals surface area contributed by atoms with Crippen LogP contribution in [0.2, 0.25) is 5.15 Å². The molecule has 0 radical (unpaired) electrons. The van der Waals surface area contributed by atoms with Crippen LogP contribution in [0.1, 0.15) is 0 Å². The number of nitrogen functional groups attached to an aromatic ring is 1. The normalized spacial score (nSPS) is 10.6. The molecule has 0 bridgehead atoms. The first-order valence-corrected chi connectivity index (χ1v) is 5.14. The molecule has 0 saturated carbocycles. The second-order valence-electron chi connectivity index (χ2n) is 2.70. The number of nitrogens with two attached hydrogens (primary N) is 1. The van der Waals surface area contributed by atoms with Gasteiger partial charge < -0.3 is 5.73 Å². The Bertz CT molecular complexity index is 465. The van der Waals surface area contributed by atoms with Crippen LogP contribution in [-0.4, -0.2) is 4.98 Å². The topological polar surface area (TPSA) is 38.9 Å². The molecule has 0 unspecified atom stereocenters. The molecule has 0 atom stereocenters. The van der Waals surface area contributed by atoms with Gasteiger partial charge in [-0.2, -0.15) is 0 Å². The van der Waals surface area contributed by atoms with Gasteiger partial charge in [-0.3, -0.25) is 0 Å². The van der Waals surface area contributed by atoms with E-state index in [2.05, 4.69) is 27.6 Å². The molecule has 2 N–H and O–H groups in total. The van der Waals surface area contributed by atoms with Gasteiger partial charge in [0.25, 0.3) is 0 Å². The third kappa shape index (κ3) is 1.71. The number of pyridine rings is 1. The Balaban J connectivity index is 2.86. The van der Waals surface area contributed by atoms with Gasteiger partial charge in [0.1, 0.15) is 5.15 Å². The van der Waals surface area contributed by atoms with Gasteiger partial charge >= 0.3 is 0 Å². The highest BCUT2D eigenvalue weighted by atomic mass is 127. The van der Waals surface area contributed by atoms with Gasteiger partial charge in [-0.05, 0) is 46.9 Å². The quantitative estimate of drug-likeness (QED) is 0.600. The average molecular weight is 305 g/mol. The van der Waals surface area contributed by atoms with Crippen molar-refractivity contribution in [1.29, 1.82) is 0 Å². The summed E-state index contributed by atoms with van der Waals surface area (Å²) in [6.45, 7) is 0. The fourth-order valence-corrected chi connectivity index (χ4v) is 1.88. The van der Waals surface area contributed by atoms with E-state index >= 15 is 0 Å². The first kappa shape index (κ1) is 9.02. The maximum atomic E-state index is 5.78. The number of benzene rings is 1. The lowest BCUT2D eigenvalue weighted by Gasteiger charge is -2.02. The van der Waals surface area contributed by atoms with E-state index < -0.39 is 0 Å². The van der Waals surface area contributed by atoms with E-state index in [4.69, 9.17) is 17.3 Å². The summed E-state index contributed by atoms with van der Waals surface area (Å²) < 4.78 is 1.12. The van der Waals surface area contributed by atoms with Crippen molar-refractivity contribution < 1.29 is 0 Å². The predicted octanol–water partition coefficient (Wildman–Crippen LogP) is 3.08. The summed E-state index contributed by atoms with van der Waals surface area (Å²) in [4.78, 5) is 4.18. The van der Waals surface area contributed by atoms with Crippen LogP contribution in [0.25, 0.3) is 10.9 Å². The van der Waals surface area contributed by atoms with Crippen molar-refractivity contribution in [3.05, 3.63) is 33.0 Å². The maximum Gasteiger partial charge on any atom is 0.131 e. The van der Waals surface area contributed by atoms with Crippen LogP contribution in [0.4, 0.5) is 5.69 Å². The lowest BCUT2D eigenvalue weighted by atomic mass is 10.2. The zero-order valence-electron chi connectivity index (χ0n) is 6.59. The third-order valence-electron chi connectivity index (χ3n) is 1.77. The molecule has 1 aromatic carbocycles. The Morgan fingerprint density at radius 3 is 2.85 bits per heavy atom. The Morgan fingerprint density at radius 2 is 2.08 bits per heavy atom. The zero-order chi connectivity index (χ0) is 9.42. The highest BCUT2D eigenvalue weighted by Gasteiger charge is 2.01. The van der Waals surface area contributed by atoms with Crippen molar-refractivity contribution in [2.24, 2.45) is 0 Å². The van der Waals surface area contributed by atoms with Crippen LogP contribution in [0.5, 0.6) is 0 Å². The number of fused-ring (bicyclic) bond motifs is 1. The molecular formula is C9H6ClIN2. The first-order valence-electron chi connectivity index (χ1n) is 3.68. The minimum atomic E-state index is 0.437. The summed E-state index contributed by atoms with van der Waals surface area (Å²) in [5.74, 6) is 0. The molecule has 0 fully saturated rings. The molecule has 1 aromatic heterocycles. The maximum absolute atomic E-state index is 5.78. The van der Waals surface area contributed by atoms with Gasteiger partial charge in [0.15, 0.2) is 0 Å². The summed E-state index contributed by atoms with van der Waals surface area (Å²) in [6.07, 6.45) is 0. The van der Waals surface area contributed by atoms with Crippen LogP contribution in [0.3, 0.4) is 0 Å². The SMILES string of the molecule is Nc1cc(Cl)nc2cc(I)ccc12. The highest BCUT2D eigenvalue weighted by molar-refractivity contribution is 14.1. The summed E-state index contributed by atoms with van der Waals surface area (Å²) in [5.41, 5.74) is 7.30. The van der Waals surface area contributed by atoms with Crippen molar-refractivity contribution in [2.45, 2.75) is 0 Å². The Labute approximate surface area is 94.2 Å². The van der Waals surface area contributed by atoms with Gasteiger partial charge in [-0.15, -0.1) is 0 Å². The Kier molecular flexibility index (Phi) is 2.29. The summed E-state index contributed by atoms with van der Waals surface area (Å²) in [5, 5.41) is 1.39. The van der Waals surface area contributed by atoms with Crippen molar-refractivity contribution in [3.63, 3.8) is 0 Å². The van der Waals surface area contributed by atoms with Crippen molar-refractivity contribution >= 4 is 50.8 Å². The lowest BCUT2D eigenvalue weighted by molar-refractivity contribution is 1.41. The Hall–Kier alpha value is -0.550. The number of anilines is 1. The minimum absolute atomic E-state index is 0.437. The van der Waals surface area contributed by atoms with Crippen LogP contribution < -0.4 is 5.73 Å². The fourth-order valence-electron chi connectivity index (χ4n) is 1.19. The van der Waals surface area contributed by atoms with E-state index in [1.54, 1.807) is 6.07 Å². The number of nitrogens with zero attached hydrogens (tertiary/aromatic N) is 1. The largest absolute Gasteiger partial charge is 0.398 e. The second kappa shape index (κ2) is 3.31. The van der Waals surface area contributed by atoms with E-state index in [0.717, 1.165) is 14.5 Å². The average Bonchev–Trinajstić information content (AvgIpc) is 2.02. The fraction of sp³-hybridized carbons (Fsp3) is 0. The van der Waals surface area contributed by atoms with E-state index in [1.807, 2.05) is 18.2 Å². The van der Waals surface area contributed by atoms with Crippen LogP contribution in [0, 0.1) is 3.57 Å².